The molecule has 0 bridgehead atoms. The van der Waals surface area contributed by atoms with Crippen molar-refractivity contribution in [1.82, 2.24) is 0 Å². The highest BCUT2D eigenvalue weighted by molar-refractivity contribution is 9.09. The fourth-order valence-electron chi connectivity index (χ4n) is 2.48. The first kappa shape index (κ1) is 13.4. The molecule has 0 spiro atoms. The summed E-state index contributed by atoms with van der Waals surface area (Å²) in [6.45, 7) is 4.32. The van der Waals surface area contributed by atoms with Crippen molar-refractivity contribution in [2.45, 2.75) is 18.7 Å². The topological polar surface area (TPSA) is 0 Å². The van der Waals surface area contributed by atoms with Crippen molar-refractivity contribution >= 4 is 26.7 Å². The number of halogens is 1. The summed E-state index contributed by atoms with van der Waals surface area (Å²) in [5, 5.41) is 2.58. The Morgan fingerprint density at radius 2 is 1.35 bits per heavy atom. The molecule has 0 aromatic heterocycles. The van der Waals surface area contributed by atoms with Crippen LogP contribution in [0.5, 0.6) is 0 Å². The first-order chi connectivity index (χ1) is 9.65. The number of hydrogen-bond donors (Lipinski definition) is 0. The zero-order chi connectivity index (χ0) is 14.1. The van der Waals surface area contributed by atoms with Gasteiger partial charge in [0.25, 0.3) is 0 Å². The third-order valence-electron chi connectivity index (χ3n) is 3.89. The third-order valence-corrected chi connectivity index (χ3v) is 4.95. The lowest BCUT2D eigenvalue weighted by atomic mass is 9.98. The molecule has 0 amide bonds. The van der Waals surface area contributed by atoms with Crippen molar-refractivity contribution < 1.29 is 0 Å². The fourth-order valence-corrected chi connectivity index (χ4v) is 3.05. The standard InChI is InChI=1S/C19H17Br/c1-13-7-8-17(11-14(13)2)19(20)18-10-9-15-5-3-4-6-16(15)12-18/h3-12,19H,1-2H3. The van der Waals surface area contributed by atoms with Crippen molar-refractivity contribution in [2.75, 3.05) is 0 Å². The van der Waals surface area contributed by atoms with Crippen molar-refractivity contribution in [3.8, 4) is 0 Å². The van der Waals surface area contributed by atoms with Crippen LogP contribution in [0.15, 0.2) is 60.7 Å². The Hall–Kier alpha value is -1.60. The fraction of sp³-hybridized carbons (Fsp3) is 0.158. The summed E-state index contributed by atoms with van der Waals surface area (Å²) in [5.74, 6) is 0. The van der Waals surface area contributed by atoms with Gasteiger partial charge in [0.1, 0.15) is 0 Å². The maximum atomic E-state index is 3.84. The predicted molar refractivity (Wildman–Crippen MR) is 90.6 cm³/mol. The van der Waals surface area contributed by atoms with E-state index in [2.05, 4.69) is 90.4 Å². The molecule has 1 atom stereocenters. The van der Waals surface area contributed by atoms with Crippen LogP contribution in [-0.2, 0) is 0 Å². The van der Waals surface area contributed by atoms with Gasteiger partial charge in [0.15, 0.2) is 0 Å². The van der Waals surface area contributed by atoms with Gasteiger partial charge in [-0.2, -0.15) is 0 Å². The largest absolute Gasteiger partial charge is 0.0786 e. The summed E-state index contributed by atoms with van der Waals surface area (Å²) >= 11 is 3.84. The highest BCUT2D eigenvalue weighted by Crippen LogP contribution is 2.33. The first-order valence-corrected chi connectivity index (χ1v) is 7.76. The quantitative estimate of drug-likeness (QED) is 0.511. The molecule has 1 heteroatoms. The summed E-state index contributed by atoms with van der Waals surface area (Å²) < 4.78 is 0. The van der Waals surface area contributed by atoms with Crippen molar-refractivity contribution in [3.63, 3.8) is 0 Å². The molecular formula is C19H17Br. The Morgan fingerprint density at radius 1 is 0.700 bits per heavy atom. The molecule has 100 valence electrons. The number of aryl methyl sites for hydroxylation is 2. The van der Waals surface area contributed by atoms with Gasteiger partial charge in [-0.25, -0.2) is 0 Å². The normalized spacial score (nSPS) is 12.6. The molecule has 1 unspecified atom stereocenters. The molecule has 0 radical (unpaired) electrons. The Morgan fingerprint density at radius 3 is 2.10 bits per heavy atom. The van der Waals surface area contributed by atoms with E-state index in [-0.39, 0.29) is 4.83 Å². The molecule has 0 aliphatic heterocycles. The maximum Gasteiger partial charge on any atom is 0.0644 e. The molecule has 0 aliphatic carbocycles. The van der Waals surface area contributed by atoms with E-state index in [4.69, 9.17) is 0 Å². The van der Waals surface area contributed by atoms with E-state index in [0.29, 0.717) is 0 Å². The third kappa shape index (κ3) is 2.51. The number of hydrogen-bond acceptors (Lipinski definition) is 0. The molecule has 3 aromatic carbocycles. The molecular weight excluding hydrogens is 308 g/mol. The molecule has 0 N–H and O–H groups in total. The molecule has 0 heterocycles. The van der Waals surface area contributed by atoms with Crippen LogP contribution in [0.1, 0.15) is 27.1 Å². The van der Waals surface area contributed by atoms with Crippen LogP contribution in [0.2, 0.25) is 0 Å². The molecule has 0 nitrogen and oxygen atoms in total. The van der Waals surface area contributed by atoms with Gasteiger partial charge in [0, 0.05) is 0 Å². The molecule has 0 aliphatic rings. The second-order valence-corrected chi connectivity index (χ2v) is 6.23. The van der Waals surface area contributed by atoms with E-state index in [1.165, 1.54) is 33.0 Å². The summed E-state index contributed by atoms with van der Waals surface area (Å²) in [5.41, 5.74) is 5.29. The number of alkyl halides is 1. The Bertz CT molecular complexity index is 759. The van der Waals surface area contributed by atoms with Crippen LogP contribution in [0, 0.1) is 13.8 Å². The molecule has 20 heavy (non-hydrogen) atoms. The van der Waals surface area contributed by atoms with Crippen LogP contribution >= 0.6 is 15.9 Å². The van der Waals surface area contributed by atoms with E-state index in [1.54, 1.807) is 0 Å². The Labute approximate surface area is 128 Å². The number of fused-ring (bicyclic) bond motifs is 1. The molecule has 0 saturated heterocycles. The van der Waals surface area contributed by atoms with Gasteiger partial charge in [-0.3, -0.25) is 0 Å². The second kappa shape index (κ2) is 5.41. The summed E-state index contributed by atoms with van der Waals surface area (Å²) in [6.07, 6.45) is 0. The van der Waals surface area contributed by atoms with Gasteiger partial charge in [-0.15, -0.1) is 0 Å². The maximum absolute atomic E-state index is 3.84. The molecule has 0 saturated carbocycles. The average molecular weight is 325 g/mol. The molecule has 3 rings (SSSR count). The summed E-state index contributed by atoms with van der Waals surface area (Å²) in [6, 6.07) is 21.8. The van der Waals surface area contributed by atoms with Crippen molar-refractivity contribution in [3.05, 3.63) is 82.9 Å². The van der Waals surface area contributed by atoms with Crippen LogP contribution in [-0.4, -0.2) is 0 Å². The average Bonchev–Trinajstić information content (AvgIpc) is 2.49. The van der Waals surface area contributed by atoms with Gasteiger partial charge in [-0.1, -0.05) is 70.5 Å². The Kier molecular flexibility index (Phi) is 3.62. The first-order valence-electron chi connectivity index (χ1n) is 6.85. The lowest BCUT2D eigenvalue weighted by Gasteiger charge is -2.13. The van der Waals surface area contributed by atoms with Crippen LogP contribution in [0.3, 0.4) is 0 Å². The zero-order valence-electron chi connectivity index (χ0n) is 11.7. The predicted octanol–water partition coefficient (Wildman–Crippen LogP) is 5.94. The molecule has 3 aromatic rings. The molecule has 0 fully saturated rings. The minimum Gasteiger partial charge on any atom is -0.0786 e. The minimum atomic E-state index is 0.242. The van der Waals surface area contributed by atoms with E-state index in [0.717, 1.165) is 0 Å². The Balaban J connectivity index is 2.02. The monoisotopic (exact) mass is 324 g/mol. The van der Waals surface area contributed by atoms with Crippen molar-refractivity contribution in [2.24, 2.45) is 0 Å². The van der Waals surface area contributed by atoms with Gasteiger partial charge in [0.2, 0.25) is 0 Å². The van der Waals surface area contributed by atoms with Gasteiger partial charge in [-0.05, 0) is 52.9 Å². The van der Waals surface area contributed by atoms with E-state index in [1.807, 2.05) is 0 Å². The lowest BCUT2D eigenvalue weighted by molar-refractivity contribution is 1.16. The van der Waals surface area contributed by atoms with Crippen LogP contribution in [0.25, 0.3) is 10.8 Å². The smallest absolute Gasteiger partial charge is 0.0644 e. The lowest BCUT2D eigenvalue weighted by Crippen LogP contribution is -1.94. The van der Waals surface area contributed by atoms with Gasteiger partial charge < -0.3 is 0 Å². The second-order valence-electron chi connectivity index (χ2n) is 5.31. The van der Waals surface area contributed by atoms with Crippen LogP contribution in [0.4, 0.5) is 0 Å². The van der Waals surface area contributed by atoms with E-state index >= 15 is 0 Å². The highest BCUT2D eigenvalue weighted by atomic mass is 79.9. The summed E-state index contributed by atoms with van der Waals surface area (Å²) in [7, 11) is 0. The summed E-state index contributed by atoms with van der Waals surface area (Å²) in [4.78, 5) is 0.242. The van der Waals surface area contributed by atoms with Gasteiger partial charge >= 0.3 is 0 Å². The highest BCUT2D eigenvalue weighted by Gasteiger charge is 2.11. The number of rotatable bonds is 2. The van der Waals surface area contributed by atoms with E-state index in [9.17, 15) is 0 Å². The van der Waals surface area contributed by atoms with E-state index < -0.39 is 0 Å². The number of benzene rings is 3. The zero-order valence-corrected chi connectivity index (χ0v) is 13.3. The van der Waals surface area contributed by atoms with Crippen molar-refractivity contribution in [1.29, 1.82) is 0 Å². The minimum absolute atomic E-state index is 0.242. The SMILES string of the molecule is Cc1ccc(C(Br)c2ccc3ccccc3c2)cc1C. The van der Waals surface area contributed by atoms with Gasteiger partial charge in [0.05, 0.1) is 4.83 Å². The van der Waals surface area contributed by atoms with Crippen LogP contribution < -0.4 is 0 Å².